The smallest absolute Gasteiger partial charge is 0.259 e. The van der Waals surface area contributed by atoms with Gasteiger partial charge in [-0.1, -0.05) is 5.82 Å². The minimum absolute atomic E-state index is 0.167. The van der Waals surface area contributed by atoms with Gasteiger partial charge in [-0.15, -0.1) is 0 Å². The first-order chi connectivity index (χ1) is 3.50. The predicted octanol–water partition coefficient (Wildman–Crippen LogP) is -0.919. The largest absolute Gasteiger partial charge is 0.413 e. The molecule has 0 radical (unpaired) electrons. The summed E-state index contributed by atoms with van der Waals surface area (Å²) in [4.78, 5) is 8.16. The van der Waals surface area contributed by atoms with Crippen molar-refractivity contribution in [3.63, 3.8) is 0 Å². The molecule has 4 nitrogen and oxygen atoms in total. The fraction of sp³-hybridized carbons (Fsp3) is 0. The Morgan fingerprint density at radius 2 is 2.29 bits per heavy atom. The predicted molar refractivity (Wildman–Crippen MR) is 19.3 cm³/mol. The highest BCUT2D eigenvalue weighted by Crippen LogP contribution is 1.82. The maximum atomic E-state index is 4.17. The number of hydrogen-bond acceptors (Lipinski definition) is 4. The van der Waals surface area contributed by atoms with Gasteiger partial charge in [-0.2, -0.15) is 0 Å². The van der Waals surface area contributed by atoms with Crippen molar-refractivity contribution in [3.05, 3.63) is 0 Å². The average Bonchev–Trinajstić information content (AvgIpc) is 1.90. The van der Waals surface area contributed by atoms with E-state index in [0.29, 0.717) is 0 Å². The van der Waals surface area contributed by atoms with Crippen molar-refractivity contribution in [2.75, 3.05) is 0 Å². The standard InChI is InChI=1S/C2HBO4/c1-2-4-6-7-5-3-1/h3H. The second kappa shape index (κ2) is 2.47. The Morgan fingerprint density at radius 1 is 1.29 bits per heavy atom. The second-order valence-corrected chi connectivity index (χ2v) is 0.760. The maximum Gasteiger partial charge on any atom is 0.413 e. The molecular formula is C2HBO4. The highest BCUT2D eigenvalue weighted by atomic mass is 17.7. The van der Waals surface area contributed by atoms with Crippen molar-refractivity contribution in [1.82, 2.24) is 0 Å². The van der Waals surface area contributed by atoms with Crippen molar-refractivity contribution >= 4 is 7.48 Å². The normalized spacial score (nSPS) is 17.1. The van der Waals surface area contributed by atoms with Crippen LogP contribution in [0.3, 0.4) is 0 Å². The molecule has 1 heterocycles. The Bertz CT molecular complexity index is 92.0. The summed E-state index contributed by atoms with van der Waals surface area (Å²) in [6, 6.07) is 0. The van der Waals surface area contributed by atoms with Gasteiger partial charge in [0.05, 0.1) is 0 Å². The Labute approximate surface area is 40.4 Å². The van der Waals surface area contributed by atoms with Gasteiger partial charge < -0.3 is 0 Å². The van der Waals surface area contributed by atoms with Crippen LogP contribution in [-0.2, 0) is 19.8 Å². The summed E-state index contributed by atoms with van der Waals surface area (Å²) in [6.07, 6.45) is 2.12. The summed E-state index contributed by atoms with van der Waals surface area (Å²) >= 11 is 0. The number of rotatable bonds is 0. The van der Waals surface area contributed by atoms with Crippen LogP contribution in [0.1, 0.15) is 0 Å². The van der Waals surface area contributed by atoms with Crippen molar-refractivity contribution in [2.24, 2.45) is 0 Å². The first-order valence-corrected chi connectivity index (χ1v) is 1.60. The van der Waals surface area contributed by atoms with Crippen LogP contribution in [0.4, 0.5) is 0 Å². The zero-order valence-corrected chi connectivity index (χ0v) is 3.34. The molecule has 7 heavy (non-hydrogen) atoms. The first kappa shape index (κ1) is 4.46. The van der Waals surface area contributed by atoms with Crippen LogP contribution in [0.15, 0.2) is 0 Å². The Balaban J connectivity index is 2.26. The molecule has 0 saturated carbocycles. The third-order valence-electron chi connectivity index (χ3n) is 0.355. The summed E-state index contributed by atoms with van der Waals surface area (Å²) in [5, 5.41) is 7.65. The average molecular weight is 99.8 g/mol. The van der Waals surface area contributed by atoms with Crippen LogP contribution in [-0.4, -0.2) is 7.48 Å². The van der Waals surface area contributed by atoms with Crippen LogP contribution in [0.2, 0.25) is 0 Å². The Hall–Kier alpha value is -0.695. The lowest BCUT2D eigenvalue weighted by Crippen LogP contribution is -1.93. The van der Waals surface area contributed by atoms with E-state index in [4.69, 9.17) is 0 Å². The van der Waals surface area contributed by atoms with E-state index in [2.05, 4.69) is 31.7 Å². The zero-order valence-electron chi connectivity index (χ0n) is 3.34. The molecule has 1 aliphatic rings. The van der Waals surface area contributed by atoms with E-state index in [1.165, 1.54) is 0 Å². The molecule has 0 aromatic rings. The summed E-state index contributed by atoms with van der Waals surface area (Å²) < 4.78 is 0. The first-order valence-electron chi connectivity index (χ1n) is 1.60. The van der Waals surface area contributed by atoms with Gasteiger partial charge in [-0.05, 0) is 5.04 Å². The van der Waals surface area contributed by atoms with Crippen LogP contribution in [0.25, 0.3) is 0 Å². The molecule has 0 unspecified atom stereocenters. The summed E-state index contributed by atoms with van der Waals surface area (Å²) in [7, 11) is 0.167. The SMILES string of the molecule is B1C#COOOO1. The molecule has 36 valence electrons. The highest BCUT2D eigenvalue weighted by Gasteiger charge is 1.92. The molecule has 0 spiro atoms. The monoisotopic (exact) mass is 100.0 g/mol. The second-order valence-electron chi connectivity index (χ2n) is 0.760. The van der Waals surface area contributed by atoms with Crippen LogP contribution >= 0.6 is 0 Å². The van der Waals surface area contributed by atoms with Crippen molar-refractivity contribution in [2.45, 2.75) is 0 Å². The minimum Gasteiger partial charge on any atom is -0.259 e. The van der Waals surface area contributed by atoms with Crippen LogP contribution in [0.5, 0.6) is 0 Å². The fourth-order valence-electron chi connectivity index (χ4n) is 0.163. The van der Waals surface area contributed by atoms with Crippen molar-refractivity contribution in [1.29, 1.82) is 0 Å². The molecule has 0 amide bonds. The highest BCUT2D eigenvalue weighted by molar-refractivity contribution is 6.38. The Morgan fingerprint density at radius 3 is 3.29 bits per heavy atom. The van der Waals surface area contributed by atoms with Gasteiger partial charge >= 0.3 is 7.48 Å². The van der Waals surface area contributed by atoms with Gasteiger partial charge in [0, 0.05) is 5.04 Å². The molecule has 0 fully saturated rings. The van der Waals surface area contributed by atoms with Crippen LogP contribution < -0.4 is 0 Å². The lowest BCUT2D eigenvalue weighted by molar-refractivity contribution is -0.589. The maximum absolute atomic E-state index is 4.17. The molecule has 0 atom stereocenters. The molecular weight excluding hydrogens is 98.8 g/mol. The third-order valence-corrected chi connectivity index (χ3v) is 0.355. The molecule has 5 heteroatoms. The van der Waals surface area contributed by atoms with E-state index in [9.17, 15) is 0 Å². The summed E-state index contributed by atoms with van der Waals surface area (Å²) in [5.74, 6) is 2.40. The van der Waals surface area contributed by atoms with Gasteiger partial charge in [-0.25, -0.2) is 0 Å². The number of hydrogen-bond donors (Lipinski definition) is 0. The molecule has 0 aliphatic carbocycles. The Kier molecular flexibility index (Phi) is 1.58. The van der Waals surface area contributed by atoms with E-state index in [-0.39, 0.29) is 7.48 Å². The molecule has 0 aromatic carbocycles. The molecule has 0 saturated heterocycles. The lowest BCUT2D eigenvalue weighted by atomic mass is 10.1. The van der Waals surface area contributed by atoms with E-state index >= 15 is 0 Å². The zero-order chi connectivity index (χ0) is 4.95. The molecule has 0 N–H and O–H groups in total. The van der Waals surface area contributed by atoms with E-state index in [0.717, 1.165) is 0 Å². The van der Waals surface area contributed by atoms with Gasteiger partial charge in [0.15, 0.2) is 6.11 Å². The fourth-order valence-corrected chi connectivity index (χ4v) is 0.163. The van der Waals surface area contributed by atoms with Gasteiger partial charge in [0.25, 0.3) is 0 Å². The van der Waals surface area contributed by atoms with Gasteiger partial charge in [0.1, 0.15) is 0 Å². The van der Waals surface area contributed by atoms with E-state index in [1.807, 2.05) is 0 Å². The van der Waals surface area contributed by atoms with E-state index in [1.54, 1.807) is 0 Å². The molecule has 0 aromatic heterocycles. The quantitative estimate of drug-likeness (QED) is 0.224. The topological polar surface area (TPSA) is 36.9 Å². The van der Waals surface area contributed by atoms with Crippen molar-refractivity contribution < 1.29 is 19.8 Å². The summed E-state index contributed by atoms with van der Waals surface area (Å²) in [6.45, 7) is 0. The molecule has 1 aliphatic heterocycles. The van der Waals surface area contributed by atoms with E-state index < -0.39 is 0 Å². The van der Waals surface area contributed by atoms with Crippen LogP contribution in [0, 0.1) is 11.9 Å². The molecule has 1 rings (SSSR count). The lowest BCUT2D eigenvalue weighted by Gasteiger charge is -1.88. The van der Waals surface area contributed by atoms with Gasteiger partial charge in [0.2, 0.25) is 0 Å². The van der Waals surface area contributed by atoms with Gasteiger partial charge in [-0.3, -0.25) is 9.69 Å². The summed E-state index contributed by atoms with van der Waals surface area (Å²) in [5.41, 5.74) is 0. The van der Waals surface area contributed by atoms with Crippen molar-refractivity contribution in [3.8, 4) is 11.9 Å². The third kappa shape index (κ3) is 1.46. The molecule has 0 bridgehead atoms. The minimum atomic E-state index is 0.167.